The van der Waals surface area contributed by atoms with Gasteiger partial charge in [0.05, 0.1) is 28.3 Å². The first kappa shape index (κ1) is 53.0. The molecule has 0 bridgehead atoms. The van der Waals surface area contributed by atoms with Crippen LogP contribution in [0.3, 0.4) is 0 Å². The monoisotopic (exact) mass is 770 g/mol. The highest BCUT2D eigenvalue weighted by Gasteiger charge is 2.23. The van der Waals surface area contributed by atoms with Crippen molar-refractivity contribution in [3.05, 3.63) is 0 Å². The van der Waals surface area contributed by atoms with Crippen molar-refractivity contribution in [1.82, 2.24) is 0 Å². The lowest BCUT2D eigenvalue weighted by Crippen LogP contribution is -2.45. The molecule has 0 radical (unpaired) electrons. The lowest BCUT2D eigenvalue weighted by Gasteiger charge is -2.28. The summed E-state index contributed by atoms with van der Waals surface area (Å²) in [6, 6.07) is 0. The molecule has 0 rings (SSSR count). The Morgan fingerprint density at radius 3 is 1.23 bits per heavy atom. The summed E-state index contributed by atoms with van der Waals surface area (Å²) in [5, 5.41) is 0. The zero-order chi connectivity index (χ0) is 39.9. The molecule has 0 N–H and O–H groups in total. The summed E-state index contributed by atoms with van der Waals surface area (Å²) in [4.78, 5) is 24.9. The Labute approximate surface area is 327 Å². The first-order chi connectivity index (χ1) is 25.3. The predicted molar refractivity (Wildman–Crippen MR) is 217 cm³/mol. The number of quaternary nitrogens is 1. The van der Waals surface area contributed by atoms with E-state index in [1.165, 1.54) is 103 Å². The van der Waals surface area contributed by atoms with Crippen LogP contribution in [0, 0.1) is 23.7 Å². The van der Waals surface area contributed by atoms with E-state index >= 15 is 0 Å². The maximum absolute atomic E-state index is 12.6. The van der Waals surface area contributed by atoms with Gasteiger partial charge in [-0.2, -0.15) is 0 Å². The Balaban J connectivity index is 0. The van der Waals surface area contributed by atoms with E-state index < -0.39 is 16.5 Å². The molecule has 0 fully saturated rings. The molecular weight excluding hydrogens is 691 g/mol. The van der Waals surface area contributed by atoms with Gasteiger partial charge in [0.1, 0.15) is 13.2 Å². The summed E-state index contributed by atoms with van der Waals surface area (Å²) in [6.45, 7) is 5.12. The summed E-state index contributed by atoms with van der Waals surface area (Å²) in [5.74, 6) is 12.6. The van der Waals surface area contributed by atoms with Crippen LogP contribution in [0.1, 0.15) is 194 Å². The molecule has 53 heavy (non-hydrogen) atoms. The van der Waals surface area contributed by atoms with Gasteiger partial charge in [0.15, 0.2) is 6.10 Å². The lowest BCUT2D eigenvalue weighted by molar-refractivity contribution is -0.873. The minimum absolute atomic E-state index is 0.150. The fourth-order valence-corrected chi connectivity index (χ4v) is 5.64. The normalized spacial score (nSPS) is 11.7. The zero-order valence-corrected chi connectivity index (χ0v) is 35.7. The minimum Gasteiger partial charge on any atom is -0.726 e. The SMILES string of the molecule is CCCC#CCCCCCCCCCCCCC(=O)OCC(C[N+](C)(C)C)OC(=O)CCCCCCCCCCCCC#CCCC.COS(=O)(=O)[O-]. The molecule has 310 valence electrons. The van der Waals surface area contributed by atoms with E-state index in [0.717, 1.165) is 71.3 Å². The molecule has 9 nitrogen and oxygen atoms in total. The molecule has 0 saturated carbocycles. The Kier molecular flexibility index (Phi) is 38.2. The van der Waals surface area contributed by atoms with Crippen molar-refractivity contribution in [3.8, 4) is 23.7 Å². The number of carbonyl (C=O) groups excluding carboxylic acids is 2. The van der Waals surface area contributed by atoms with Crippen molar-refractivity contribution in [2.24, 2.45) is 0 Å². The van der Waals surface area contributed by atoms with Crippen LogP contribution in [-0.4, -0.2) is 76.9 Å². The van der Waals surface area contributed by atoms with Gasteiger partial charge < -0.3 is 18.5 Å². The van der Waals surface area contributed by atoms with Gasteiger partial charge in [-0.05, 0) is 38.5 Å². The van der Waals surface area contributed by atoms with Gasteiger partial charge in [0, 0.05) is 38.5 Å². The highest BCUT2D eigenvalue weighted by Crippen LogP contribution is 2.14. The van der Waals surface area contributed by atoms with E-state index in [1.54, 1.807) is 0 Å². The molecule has 0 saturated heterocycles. The van der Waals surface area contributed by atoms with Crippen LogP contribution in [-0.2, 0) is 33.6 Å². The van der Waals surface area contributed by atoms with Gasteiger partial charge in [0.2, 0.25) is 10.4 Å². The average molecular weight is 770 g/mol. The number of hydrogen-bond donors (Lipinski definition) is 0. The number of likely N-dealkylation sites (N-methyl/N-ethyl adjacent to an activating group) is 1. The van der Waals surface area contributed by atoms with Crippen molar-refractivity contribution >= 4 is 22.3 Å². The van der Waals surface area contributed by atoms with Crippen molar-refractivity contribution < 1.29 is 40.7 Å². The number of rotatable bonds is 32. The Bertz CT molecular complexity index is 1100. The Morgan fingerprint density at radius 1 is 0.566 bits per heavy atom. The summed E-state index contributed by atoms with van der Waals surface area (Å²) < 4.78 is 43.0. The van der Waals surface area contributed by atoms with E-state index in [0.29, 0.717) is 23.9 Å². The third-order valence-electron chi connectivity index (χ3n) is 8.55. The van der Waals surface area contributed by atoms with Gasteiger partial charge >= 0.3 is 11.9 Å². The number of ether oxygens (including phenoxy) is 2. The Hall–Kier alpha value is -2.11. The van der Waals surface area contributed by atoms with E-state index in [4.69, 9.17) is 9.47 Å². The summed E-state index contributed by atoms with van der Waals surface area (Å²) in [6.07, 6.45) is 31.3. The topological polar surface area (TPSA) is 119 Å². The minimum atomic E-state index is -4.41. The van der Waals surface area contributed by atoms with E-state index in [1.807, 2.05) is 0 Å². The number of hydrogen-bond acceptors (Lipinski definition) is 8. The second kappa shape index (κ2) is 38.2. The van der Waals surface area contributed by atoms with Crippen LogP contribution < -0.4 is 0 Å². The van der Waals surface area contributed by atoms with E-state index in [9.17, 15) is 22.6 Å². The second-order valence-corrected chi connectivity index (χ2v) is 16.3. The number of unbranched alkanes of at least 4 members (excludes halogenated alkanes) is 22. The summed E-state index contributed by atoms with van der Waals surface area (Å²) in [5.41, 5.74) is 0. The van der Waals surface area contributed by atoms with Crippen LogP contribution in [0.25, 0.3) is 0 Å². The molecule has 0 aliphatic rings. The quantitative estimate of drug-likeness (QED) is 0.0166. The largest absolute Gasteiger partial charge is 0.726 e. The highest BCUT2D eigenvalue weighted by atomic mass is 32.3. The maximum Gasteiger partial charge on any atom is 0.306 e. The second-order valence-electron chi connectivity index (χ2n) is 15.1. The van der Waals surface area contributed by atoms with Gasteiger partial charge in [-0.1, -0.05) is 117 Å². The highest BCUT2D eigenvalue weighted by molar-refractivity contribution is 7.80. The summed E-state index contributed by atoms with van der Waals surface area (Å²) >= 11 is 0. The predicted octanol–water partition coefficient (Wildman–Crippen LogP) is 10.2. The molecule has 0 aliphatic heterocycles. The fourth-order valence-electron chi connectivity index (χ4n) is 5.64. The molecule has 0 spiro atoms. The number of esters is 2. The molecule has 0 aromatic heterocycles. The molecule has 1 atom stereocenters. The molecule has 0 aromatic carbocycles. The Morgan fingerprint density at radius 2 is 0.887 bits per heavy atom. The molecule has 10 heteroatoms. The molecule has 0 aliphatic carbocycles. The van der Waals surface area contributed by atoms with Gasteiger partial charge in [0.25, 0.3) is 0 Å². The van der Waals surface area contributed by atoms with Crippen LogP contribution in [0.15, 0.2) is 0 Å². The molecule has 0 aromatic rings. The van der Waals surface area contributed by atoms with Crippen LogP contribution >= 0.6 is 0 Å². The third-order valence-corrected chi connectivity index (χ3v) is 8.96. The van der Waals surface area contributed by atoms with Gasteiger partial charge in [-0.15, -0.1) is 23.7 Å². The van der Waals surface area contributed by atoms with Crippen molar-refractivity contribution in [1.29, 1.82) is 0 Å². The zero-order valence-electron chi connectivity index (χ0n) is 34.9. The first-order valence-corrected chi connectivity index (χ1v) is 22.3. The molecule has 0 heterocycles. The average Bonchev–Trinajstić information content (AvgIpc) is 3.10. The van der Waals surface area contributed by atoms with Crippen LogP contribution in [0.5, 0.6) is 0 Å². The van der Waals surface area contributed by atoms with Crippen LogP contribution in [0.4, 0.5) is 0 Å². The van der Waals surface area contributed by atoms with E-state index in [2.05, 4.69) is 62.9 Å². The molecule has 0 amide bonds. The summed E-state index contributed by atoms with van der Waals surface area (Å²) in [7, 11) is 2.59. The van der Waals surface area contributed by atoms with Gasteiger partial charge in [-0.25, -0.2) is 8.42 Å². The smallest absolute Gasteiger partial charge is 0.306 e. The number of nitrogens with zero attached hydrogens (tertiary/aromatic N) is 1. The first-order valence-electron chi connectivity index (χ1n) is 20.9. The molecular formula is C43H79NO8S. The number of carbonyl (C=O) groups is 2. The van der Waals surface area contributed by atoms with Crippen molar-refractivity contribution in [2.75, 3.05) is 41.4 Å². The van der Waals surface area contributed by atoms with Crippen molar-refractivity contribution in [2.45, 2.75) is 200 Å². The van der Waals surface area contributed by atoms with E-state index in [-0.39, 0.29) is 18.5 Å². The van der Waals surface area contributed by atoms with Crippen LogP contribution in [0.2, 0.25) is 0 Å². The maximum atomic E-state index is 12.6. The third kappa shape index (κ3) is 47.9. The molecule has 1 unspecified atom stereocenters. The lowest BCUT2D eigenvalue weighted by atomic mass is 10.1. The van der Waals surface area contributed by atoms with Crippen molar-refractivity contribution in [3.63, 3.8) is 0 Å². The fraction of sp³-hybridized carbons (Fsp3) is 0.860. The van der Waals surface area contributed by atoms with Gasteiger partial charge in [-0.3, -0.25) is 13.8 Å². The standard InChI is InChI=1S/C42H76NO4.CH4O4S/c1-6-8-10-12-14-16-18-20-22-24-26-28-30-32-34-36-41(44)46-39-40(38-43(3,4)5)47-42(45)37-35-33-31-29-27-25-23-21-19-17-15-13-11-9-7-2;1-5-6(2,3)4/h40H,6-9,14-39H2,1-5H3;1H3,(H,2,3,4)/q+1;/p-1.